The first-order chi connectivity index (χ1) is 15.0. The van der Waals surface area contributed by atoms with Crippen LogP contribution in [0.3, 0.4) is 0 Å². The summed E-state index contributed by atoms with van der Waals surface area (Å²) in [6.45, 7) is -0.277. The van der Waals surface area contributed by atoms with Gasteiger partial charge < -0.3 is 10.1 Å². The molecule has 2 amide bonds. The number of carbonyl (C=O) groups excluding carboxylic acids is 3. The molecule has 0 spiro atoms. The van der Waals surface area contributed by atoms with E-state index < -0.39 is 17.9 Å². The van der Waals surface area contributed by atoms with Gasteiger partial charge in [-0.15, -0.1) is 0 Å². The van der Waals surface area contributed by atoms with Gasteiger partial charge in [0, 0.05) is 5.02 Å². The molecule has 2 aromatic carbocycles. The van der Waals surface area contributed by atoms with Crippen LogP contribution in [0.15, 0.2) is 53.6 Å². The summed E-state index contributed by atoms with van der Waals surface area (Å²) in [5.41, 5.74) is 4.78. The maximum atomic E-state index is 12.9. The van der Waals surface area contributed by atoms with Gasteiger partial charge in [-0.2, -0.15) is 5.10 Å². The van der Waals surface area contributed by atoms with E-state index in [0.29, 0.717) is 17.1 Å². The van der Waals surface area contributed by atoms with Crippen molar-refractivity contribution in [1.29, 1.82) is 0 Å². The lowest BCUT2D eigenvalue weighted by molar-refractivity contribution is -0.139. The molecule has 0 aromatic heterocycles. The van der Waals surface area contributed by atoms with Crippen LogP contribution in [-0.2, 0) is 14.3 Å². The molecule has 2 aliphatic heterocycles. The smallest absolute Gasteiger partial charge is 0.339 e. The molecule has 1 saturated heterocycles. The van der Waals surface area contributed by atoms with E-state index in [2.05, 4.69) is 15.8 Å². The summed E-state index contributed by atoms with van der Waals surface area (Å²) < 4.78 is 4.73. The second-order valence-electron chi connectivity index (χ2n) is 7.10. The summed E-state index contributed by atoms with van der Waals surface area (Å²) >= 11 is 5.95. The minimum absolute atomic E-state index is 0.0709. The molecular formula is C21H20ClN5O4. The molecular weight excluding hydrogens is 422 g/mol. The van der Waals surface area contributed by atoms with Crippen molar-refractivity contribution >= 4 is 41.4 Å². The number of hydrogen-bond acceptors (Lipinski definition) is 7. The quantitative estimate of drug-likeness (QED) is 0.689. The van der Waals surface area contributed by atoms with Crippen LogP contribution in [0.25, 0.3) is 0 Å². The van der Waals surface area contributed by atoms with E-state index in [-0.39, 0.29) is 24.1 Å². The lowest BCUT2D eigenvalue weighted by Gasteiger charge is -2.29. The Morgan fingerprint density at radius 1 is 1.23 bits per heavy atom. The molecule has 10 heteroatoms. The summed E-state index contributed by atoms with van der Waals surface area (Å²) in [7, 11) is 1.26. The van der Waals surface area contributed by atoms with Crippen molar-refractivity contribution in [2.45, 2.75) is 18.5 Å². The highest BCUT2D eigenvalue weighted by atomic mass is 35.5. The second kappa shape index (κ2) is 8.75. The zero-order chi connectivity index (χ0) is 22.0. The highest BCUT2D eigenvalue weighted by Crippen LogP contribution is 2.30. The van der Waals surface area contributed by atoms with Crippen molar-refractivity contribution in [2.75, 3.05) is 19.0 Å². The first kappa shape index (κ1) is 20.8. The number of halogens is 1. The van der Waals surface area contributed by atoms with Gasteiger partial charge in [-0.05, 0) is 36.2 Å². The normalized spacial score (nSPS) is 19.9. The van der Waals surface area contributed by atoms with E-state index in [1.165, 1.54) is 13.4 Å². The summed E-state index contributed by atoms with van der Waals surface area (Å²) in [4.78, 5) is 37.3. The molecule has 2 aromatic rings. The van der Waals surface area contributed by atoms with Gasteiger partial charge in [-0.1, -0.05) is 35.9 Å². The van der Waals surface area contributed by atoms with Crippen molar-refractivity contribution in [3.8, 4) is 0 Å². The predicted molar refractivity (Wildman–Crippen MR) is 114 cm³/mol. The van der Waals surface area contributed by atoms with Gasteiger partial charge in [0.25, 0.3) is 5.91 Å². The number of nitrogens with one attached hydrogen (secondary N) is 2. The topological polar surface area (TPSA) is 103 Å². The number of esters is 1. The van der Waals surface area contributed by atoms with Crippen molar-refractivity contribution < 1.29 is 19.1 Å². The van der Waals surface area contributed by atoms with Gasteiger partial charge in [-0.25, -0.2) is 15.2 Å². The molecule has 2 N–H and O–H groups in total. The van der Waals surface area contributed by atoms with Gasteiger partial charge >= 0.3 is 5.97 Å². The van der Waals surface area contributed by atoms with Crippen LogP contribution >= 0.6 is 11.6 Å². The molecule has 1 fully saturated rings. The molecule has 0 radical (unpaired) electrons. The van der Waals surface area contributed by atoms with Gasteiger partial charge in [0.2, 0.25) is 5.91 Å². The monoisotopic (exact) mass is 441 g/mol. The summed E-state index contributed by atoms with van der Waals surface area (Å²) in [6, 6.07) is 13.4. The molecule has 160 valence electrons. The summed E-state index contributed by atoms with van der Waals surface area (Å²) in [6.07, 6.45) is 2.02. The average molecular weight is 442 g/mol. The van der Waals surface area contributed by atoms with Crippen molar-refractivity contribution in [1.82, 2.24) is 15.4 Å². The van der Waals surface area contributed by atoms with Crippen LogP contribution in [-0.4, -0.2) is 53.8 Å². The number of benzene rings is 2. The number of methoxy groups -OCH3 is 1. The third-order valence-corrected chi connectivity index (χ3v) is 5.38. The van der Waals surface area contributed by atoms with E-state index in [4.69, 9.17) is 16.3 Å². The minimum atomic E-state index is -0.566. The Labute approximate surface area is 183 Å². The van der Waals surface area contributed by atoms with Gasteiger partial charge in [0.15, 0.2) is 0 Å². The Morgan fingerprint density at radius 3 is 2.71 bits per heavy atom. The number of carbonyl (C=O) groups is 3. The zero-order valence-corrected chi connectivity index (χ0v) is 17.4. The zero-order valence-electron chi connectivity index (χ0n) is 16.6. The third kappa shape index (κ3) is 4.37. The highest BCUT2D eigenvalue weighted by Gasteiger charge is 2.41. The summed E-state index contributed by atoms with van der Waals surface area (Å²) in [5.74, 6) is -1.33. The first-order valence-corrected chi connectivity index (χ1v) is 9.96. The molecule has 2 aliphatic rings. The van der Waals surface area contributed by atoms with E-state index in [0.717, 1.165) is 10.6 Å². The number of hydrazone groups is 1. The van der Waals surface area contributed by atoms with Crippen molar-refractivity contribution in [3.05, 3.63) is 64.7 Å². The Bertz CT molecular complexity index is 1040. The predicted octanol–water partition coefficient (Wildman–Crippen LogP) is 2.17. The van der Waals surface area contributed by atoms with E-state index >= 15 is 0 Å². The molecule has 0 bridgehead atoms. The van der Waals surface area contributed by atoms with Crippen LogP contribution < -0.4 is 10.7 Å². The molecule has 31 heavy (non-hydrogen) atoms. The number of amides is 2. The molecule has 2 atom stereocenters. The fraction of sp³-hybridized carbons (Fsp3) is 0.238. The highest BCUT2D eigenvalue weighted by molar-refractivity contribution is 6.30. The van der Waals surface area contributed by atoms with E-state index in [9.17, 15) is 14.4 Å². The Hall–Kier alpha value is -3.43. The minimum Gasteiger partial charge on any atom is -0.465 e. The van der Waals surface area contributed by atoms with Crippen LogP contribution in [0.1, 0.15) is 28.4 Å². The number of fused-ring (bicyclic) bond motifs is 1. The lowest BCUT2D eigenvalue weighted by atomic mass is 10.0. The summed E-state index contributed by atoms with van der Waals surface area (Å²) in [5, 5.41) is 10.2. The van der Waals surface area contributed by atoms with Gasteiger partial charge in [-0.3, -0.25) is 14.6 Å². The number of ether oxygens (including phenoxy) is 1. The molecule has 9 nitrogen and oxygen atoms in total. The maximum absolute atomic E-state index is 12.9. The van der Waals surface area contributed by atoms with Gasteiger partial charge in [0.05, 0.1) is 24.4 Å². The number of hydrazine groups is 1. The average Bonchev–Trinajstić information content (AvgIpc) is 3.21. The lowest BCUT2D eigenvalue weighted by Crippen LogP contribution is -2.52. The number of hydrogen-bond donors (Lipinski definition) is 2. The Kier molecular flexibility index (Phi) is 5.88. The maximum Gasteiger partial charge on any atom is 0.339 e. The van der Waals surface area contributed by atoms with Crippen LogP contribution in [0.5, 0.6) is 0 Å². The van der Waals surface area contributed by atoms with E-state index in [1.807, 2.05) is 12.1 Å². The van der Waals surface area contributed by atoms with E-state index in [1.54, 1.807) is 41.4 Å². The number of para-hydroxylation sites is 1. The second-order valence-corrected chi connectivity index (χ2v) is 7.54. The Balaban J connectivity index is 1.41. The molecule has 2 unspecified atom stereocenters. The fourth-order valence-corrected chi connectivity index (χ4v) is 3.70. The van der Waals surface area contributed by atoms with Crippen molar-refractivity contribution in [2.24, 2.45) is 5.10 Å². The molecule has 2 heterocycles. The Morgan fingerprint density at radius 2 is 1.97 bits per heavy atom. The molecule has 0 saturated carbocycles. The molecule has 0 aliphatic carbocycles. The number of rotatable bonds is 5. The number of anilines is 1. The third-order valence-electron chi connectivity index (χ3n) is 5.13. The largest absolute Gasteiger partial charge is 0.465 e. The standard InChI is InChI=1S/C21H20ClN5O4/c1-31-21(30)15-4-2-3-5-16(15)24-19(28)11-26-20(29)18-10-17(25-27(18)12-23-26)13-6-8-14(22)9-7-13/h2-9,12,17-18,25H,10-11H2,1H3,(H,24,28). The fourth-order valence-electron chi connectivity index (χ4n) is 3.57. The van der Waals surface area contributed by atoms with Crippen LogP contribution in [0.2, 0.25) is 5.02 Å². The first-order valence-electron chi connectivity index (χ1n) is 9.59. The molecule has 4 rings (SSSR count). The SMILES string of the molecule is COC(=O)c1ccccc1NC(=O)CN1N=CN2NC(c3ccc(Cl)cc3)CC2C1=O. The van der Waals surface area contributed by atoms with Gasteiger partial charge in [0.1, 0.15) is 18.9 Å². The van der Waals surface area contributed by atoms with Crippen LogP contribution in [0.4, 0.5) is 5.69 Å². The van der Waals surface area contributed by atoms with Crippen molar-refractivity contribution in [3.63, 3.8) is 0 Å². The number of nitrogens with zero attached hydrogens (tertiary/aromatic N) is 3. The van der Waals surface area contributed by atoms with Crippen LogP contribution in [0, 0.1) is 0 Å².